The summed E-state index contributed by atoms with van der Waals surface area (Å²) in [5, 5.41) is 4.08. The molecule has 2 heterocycles. The molecule has 0 bridgehead atoms. The quantitative estimate of drug-likeness (QED) is 0.939. The Morgan fingerprint density at radius 2 is 2.10 bits per heavy atom. The number of likely N-dealkylation sites (tertiary alicyclic amines) is 1. The van der Waals surface area contributed by atoms with Crippen molar-refractivity contribution in [3.63, 3.8) is 0 Å². The van der Waals surface area contributed by atoms with Crippen molar-refractivity contribution in [2.24, 2.45) is 11.7 Å². The lowest BCUT2D eigenvalue weighted by atomic mass is 10.1. The van der Waals surface area contributed by atoms with Gasteiger partial charge in [0.25, 0.3) is 5.89 Å². The zero-order valence-electron chi connectivity index (χ0n) is 12.1. The van der Waals surface area contributed by atoms with Crippen molar-refractivity contribution < 1.29 is 4.52 Å². The standard InChI is InChI=1S/C15H20N4O.ClH/c1-11-7-12(8-16)9-19(11)10-14-17-15(20-18-14)13-5-3-2-4-6-13;/h2-6,11-12H,7-10,16H2,1H3;1H. The minimum Gasteiger partial charge on any atom is -0.334 e. The zero-order chi connectivity index (χ0) is 13.9. The van der Waals surface area contributed by atoms with E-state index in [1.165, 1.54) is 0 Å². The van der Waals surface area contributed by atoms with Gasteiger partial charge in [0, 0.05) is 18.2 Å². The highest BCUT2D eigenvalue weighted by Gasteiger charge is 2.29. The fourth-order valence-electron chi connectivity index (χ4n) is 2.81. The Morgan fingerprint density at radius 3 is 2.76 bits per heavy atom. The summed E-state index contributed by atoms with van der Waals surface area (Å²) in [5.74, 6) is 1.92. The summed E-state index contributed by atoms with van der Waals surface area (Å²) in [4.78, 5) is 6.85. The van der Waals surface area contributed by atoms with E-state index in [9.17, 15) is 0 Å². The molecule has 6 heteroatoms. The van der Waals surface area contributed by atoms with Crippen LogP contribution >= 0.6 is 12.4 Å². The molecule has 114 valence electrons. The molecule has 1 aliphatic rings. The van der Waals surface area contributed by atoms with Gasteiger partial charge in [0.15, 0.2) is 5.82 Å². The van der Waals surface area contributed by atoms with Gasteiger partial charge in [0.2, 0.25) is 0 Å². The molecule has 0 amide bonds. The predicted molar refractivity (Wildman–Crippen MR) is 84.0 cm³/mol. The Hall–Kier alpha value is -1.43. The highest BCUT2D eigenvalue weighted by atomic mass is 35.5. The van der Waals surface area contributed by atoms with Gasteiger partial charge in [0.1, 0.15) is 0 Å². The van der Waals surface area contributed by atoms with E-state index in [1.807, 2.05) is 30.3 Å². The minimum absolute atomic E-state index is 0. The molecule has 2 unspecified atom stereocenters. The van der Waals surface area contributed by atoms with Crippen molar-refractivity contribution in [1.82, 2.24) is 15.0 Å². The Balaban J connectivity index is 0.00000161. The van der Waals surface area contributed by atoms with Crippen LogP contribution in [0, 0.1) is 5.92 Å². The van der Waals surface area contributed by atoms with E-state index >= 15 is 0 Å². The van der Waals surface area contributed by atoms with E-state index < -0.39 is 0 Å². The van der Waals surface area contributed by atoms with Crippen LogP contribution in [0.4, 0.5) is 0 Å². The van der Waals surface area contributed by atoms with Crippen molar-refractivity contribution in [1.29, 1.82) is 0 Å². The zero-order valence-corrected chi connectivity index (χ0v) is 12.9. The molecule has 21 heavy (non-hydrogen) atoms. The van der Waals surface area contributed by atoms with Gasteiger partial charge in [-0.05, 0) is 37.9 Å². The maximum Gasteiger partial charge on any atom is 0.257 e. The van der Waals surface area contributed by atoms with Gasteiger partial charge in [-0.15, -0.1) is 12.4 Å². The summed E-state index contributed by atoms with van der Waals surface area (Å²) in [5.41, 5.74) is 6.71. The van der Waals surface area contributed by atoms with Gasteiger partial charge >= 0.3 is 0 Å². The molecule has 0 radical (unpaired) electrons. The van der Waals surface area contributed by atoms with Crippen molar-refractivity contribution in [2.75, 3.05) is 13.1 Å². The first-order chi connectivity index (χ1) is 9.76. The molecule has 2 N–H and O–H groups in total. The molecule has 2 atom stereocenters. The summed E-state index contributed by atoms with van der Waals surface area (Å²) in [6, 6.07) is 10.4. The maximum atomic E-state index is 5.76. The smallest absolute Gasteiger partial charge is 0.257 e. The maximum absolute atomic E-state index is 5.76. The first-order valence-electron chi connectivity index (χ1n) is 7.08. The number of rotatable bonds is 4. The van der Waals surface area contributed by atoms with Crippen LogP contribution in [0.2, 0.25) is 0 Å². The van der Waals surface area contributed by atoms with E-state index in [0.717, 1.165) is 37.4 Å². The molecule has 0 spiro atoms. The fourth-order valence-corrected chi connectivity index (χ4v) is 2.81. The van der Waals surface area contributed by atoms with Crippen LogP contribution in [-0.2, 0) is 6.54 Å². The average Bonchev–Trinajstić information content (AvgIpc) is 3.08. The first kappa shape index (κ1) is 15.9. The highest BCUT2D eigenvalue weighted by molar-refractivity contribution is 5.85. The SMILES string of the molecule is CC1CC(CN)CN1Cc1noc(-c2ccccc2)n1.Cl. The molecule has 0 aliphatic carbocycles. The monoisotopic (exact) mass is 308 g/mol. The van der Waals surface area contributed by atoms with Crippen LogP contribution in [0.25, 0.3) is 11.5 Å². The van der Waals surface area contributed by atoms with Crippen LogP contribution in [0.15, 0.2) is 34.9 Å². The first-order valence-corrected chi connectivity index (χ1v) is 7.08. The molecule has 1 saturated heterocycles. The Kier molecular flexibility index (Phi) is 5.33. The lowest BCUT2D eigenvalue weighted by Crippen LogP contribution is -2.27. The third-order valence-electron chi connectivity index (χ3n) is 3.96. The largest absolute Gasteiger partial charge is 0.334 e. The van der Waals surface area contributed by atoms with E-state index in [-0.39, 0.29) is 12.4 Å². The number of benzene rings is 1. The van der Waals surface area contributed by atoms with Crippen molar-refractivity contribution in [3.05, 3.63) is 36.2 Å². The van der Waals surface area contributed by atoms with Crippen LogP contribution in [0.5, 0.6) is 0 Å². The number of halogens is 1. The Labute approximate surface area is 130 Å². The van der Waals surface area contributed by atoms with Crippen molar-refractivity contribution in [3.8, 4) is 11.5 Å². The third kappa shape index (κ3) is 3.61. The van der Waals surface area contributed by atoms with Gasteiger partial charge in [-0.25, -0.2) is 0 Å². The second-order valence-electron chi connectivity index (χ2n) is 5.50. The van der Waals surface area contributed by atoms with Gasteiger partial charge in [-0.2, -0.15) is 4.98 Å². The molecule has 1 aromatic heterocycles. The van der Waals surface area contributed by atoms with Crippen molar-refractivity contribution >= 4 is 12.4 Å². The number of hydrogen-bond acceptors (Lipinski definition) is 5. The Morgan fingerprint density at radius 1 is 1.33 bits per heavy atom. The summed E-state index contributed by atoms with van der Waals surface area (Å²) < 4.78 is 5.34. The molecular weight excluding hydrogens is 288 g/mol. The van der Waals surface area contributed by atoms with Crippen LogP contribution in [-0.4, -0.2) is 34.2 Å². The number of nitrogens with two attached hydrogens (primary N) is 1. The van der Waals surface area contributed by atoms with E-state index in [4.69, 9.17) is 10.3 Å². The molecule has 5 nitrogen and oxygen atoms in total. The fraction of sp³-hybridized carbons (Fsp3) is 0.467. The lowest BCUT2D eigenvalue weighted by molar-refractivity contribution is 0.245. The van der Waals surface area contributed by atoms with Crippen LogP contribution in [0.1, 0.15) is 19.2 Å². The van der Waals surface area contributed by atoms with Crippen LogP contribution in [0.3, 0.4) is 0 Å². The third-order valence-corrected chi connectivity index (χ3v) is 3.96. The topological polar surface area (TPSA) is 68.2 Å². The highest BCUT2D eigenvalue weighted by Crippen LogP contribution is 2.24. The van der Waals surface area contributed by atoms with Gasteiger partial charge in [0.05, 0.1) is 6.54 Å². The van der Waals surface area contributed by atoms with Gasteiger partial charge < -0.3 is 10.3 Å². The minimum atomic E-state index is 0. The molecule has 1 fully saturated rings. The predicted octanol–water partition coefficient (Wildman–Crippen LogP) is 2.33. The normalized spacial score (nSPS) is 22.2. The summed E-state index contributed by atoms with van der Waals surface area (Å²) in [6.45, 7) is 4.73. The molecule has 1 aromatic carbocycles. The number of nitrogens with zero attached hydrogens (tertiary/aromatic N) is 3. The summed E-state index contributed by atoms with van der Waals surface area (Å²) in [6.07, 6.45) is 1.15. The molecular formula is C15H21ClN4O. The van der Waals surface area contributed by atoms with Gasteiger partial charge in [-0.1, -0.05) is 23.4 Å². The summed E-state index contributed by atoms with van der Waals surface area (Å²) >= 11 is 0. The molecule has 3 rings (SSSR count). The second-order valence-corrected chi connectivity index (χ2v) is 5.50. The van der Waals surface area contributed by atoms with Crippen LogP contribution < -0.4 is 5.73 Å². The average molecular weight is 309 g/mol. The van der Waals surface area contributed by atoms with E-state index in [2.05, 4.69) is 22.0 Å². The molecule has 2 aromatic rings. The second kappa shape index (κ2) is 7.02. The Bertz CT molecular complexity index is 560. The lowest BCUT2D eigenvalue weighted by Gasteiger charge is -2.18. The van der Waals surface area contributed by atoms with E-state index in [1.54, 1.807) is 0 Å². The molecule has 1 aliphatic heterocycles. The van der Waals surface area contributed by atoms with E-state index in [0.29, 0.717) is 17.9 Å². The summed E-state index contributed by atoms with van der Waals surface area (Å²) in [7, 11) is 0. The van der Waals surface area contributed by atoms with Gasteiger partial charge in [-0.3, -0.25) is 4.90 Å². The van der Waals surface area contributed by atoms with Crippen molar-refractivity contribution in [2.45, 2.75) is 25.9 Å². The number of aromatic nitrogens is 2. The molecule has 0 saturated carbocycles. The number of hydrogen-bond donors (Lipinski definition) is 1.